The van der Waals surface area contributed by atoms with Gasteiger partial charge in [0.05, 0.1) is 16.8 Å². The Balaban J connectivity index is 1.35. The Morgan fingerprint density at radius 1 is 0.842 bits per heavy atom. The van der Waals surface area contributed by atoms with E-state index in [1.165, 1.54) is 5.56 Å². The van der Waals surface area contributed by atoms with E-state index in [2.05, 4.69) is 28.9 Å². The van der Waals surface area contributed by atoms with Crippen LogP contribution in [-0.2, 0) is 6.54 Å². The lowest BCUT2D eigenvalue weighted by Crippen LogP contribution is -2.47. The smallest absolute Gasteiger partial charge is 0.338 e. The van der Waals surface area contributed by atoms with Crippen molar-refractivity contribution in [1.29, 1.82) is 0 Å². The Bertz CT molecular complexity index is 1720. The number of hydrogen-bond donors (Lipinski definition) is 1. The summed E-state index contributed by atoms with van der Waals surface area (Å²) in [6, 6.07) is 26.6. The number of benzene rings is 3. The second-order valence-corrected chi connectivity index (χ2v) is 9.73. The molecule has 6 rings (SSSR count). The number of para-hydroxylation sites is 2. The first-order valence-electron chi connectivity index (χ1n) is 12.8. The van der Waals surface area contributed by atoms with Gasteiger partial charge in [-0.1, -0.05) is 54.6 Å². The summed E-state index contributed by atoms with van der Waals surface area (Å²) in [4.78, 5) is 35.7. The second-order valence-electron chi connectivity index (χ2n) is 9.73. The maximum absolute atomic E-state index is 13.7. The number of nitrogens with zero attached hydrogens (tertiary/aromatic N) is 4. The summed E-state index contributed by atoms with van der Waals surface area (Å²) in [6.07, 6.45) is 0. The molecule has 0 spiro atoms. The van der Waals surface area contributed by atoms with Crippen LogP contribution in [-0.4, -0.2) is 51.7 Å². The monoisotopic (exact) mass is 504 g/mol. The highest BCUT2D eigenvalue weighted by atomic mass is 16.4. The van der Waals surface area contributed by atoms with Gasteiger partial charge in [0.1, 0.15) is 5.82 Å². The molecule has 0 aliphatic carbocycles. The number of rotatable bonds is 5. The van der Waals surface area contributed by atoms with E-state index in [-0.39, 0.29) is 11.1 Å². The minimum Gasteiger partial charge on any atom is -0.478 e. The number of carboxylic acids is 1. The minimum absolute atomic E-state index is 0.179. The molecule has 1 aliphatic heterocycles. The molecule has 0 radical (unpaired) electrons. The van der Waals surface area contributed by atoms with Gasteiger partial charge in [0, 0.05) is 54.6 Å². The van der Waals surface area contributed by atoms with Gasteiger partial charge < -0.3 is 10.0 Å². The number of carbonyl (C=O) groups is 1. The largest absolute Gasteiger partial charge is 0.478 e. The van der Waals surface area contributed by atoms with Crippen LogP contribution in [0.5, 0.6) is 0 Å². The number of aromatic carboxylic acids is 1. The second kappa shape index (κ2) is 9.76. The fourth-order valence-corrected chi connectivity index (χ4v) is 5.48. The predicted molar refractivity (Wildman–Crippen MR) is 150 cm³/mol. The quantitative estimate of drug-likeness (QED) is 0.368. The number of piperazine rings is 1. The van der Waals surface area contributed by atoms with Gasteiger partial charge in [-0.15, -0.1) is 0 Å². The van der Waals surface area contributed by atoms with Gasteiger partial charge in [0.2, 0.25) is 0 Å². The molecule has 1 fully saturated rings. The molecule has 3 aromatic carbocycles. The number of carboxylic acid groups (broad SMARTS) is 1. The van der Waals surface area contributed by atoms with E-state index < -0.39 is 5.97 Å². The molecule has 0 amide bonds. The first-order valence-corrected chi connectivity index (χ1v) is 12.8. The topological polar surface area (TPSA) is 78.7 Å². The summed E-state index contributed by atoms with van der Waals surface area (Å²) in [5.74, 6) is -0.0747. The molecule has 0 bridgehead atoms. The number of aryl methyl sites for hydroxylation is 1. The number of anilines is 1. The van der Waals surface area contributed by atoms with Gasteiger partial charge in [-0.3, -0.25) is 14.3 Å². The average molecular weight is 505 g/mol. The molecular formula is C31H28N4O3. The van der Waals surface area contributed by atoms with Crippen LogP contribution in [0.4, 0.5) is 5.82 Å². The summed E-state index contributed by atoms with van der Waals surface area (Å²) in [7, 11) is 0. The van der Waals surface area contributed by atoms with Crippen molar-refractivity contribution in [2.75, 3.05) is 31.1 Å². The number of fused-ring (bicyclic) bond motifs is 2. The fraction of sp³-hybridized carbons (Fsp3) is 0.194. The third-order valence-electron chi connectivity index (χ3n) is 7.40. The van der Waals surface area contributed by atoms with Crippen LogP contribution in [0.2, 0.25) is 0 Å². The van der Waals surface area contributed by atoms with E-state index >= 15 is 0 Å². The SMILES string of the molecule is Cc1cc(N2CCN(Cc3c(C(=O)O)c4ccccc4c(=O)n3-c3ccccc3)CC2)nc2ccccc12. The van der Waals surface area contributed by atoms with Gasteiger partial charge in [-0.25, -0.2) is 9.78 Å². The van der Waals surface area contributed by atoms with Crippen molar-refractivity contribution in [3.8, 4) is 5.69 Å². The summed E-state index contributed by atoms with van der Waals surface area (Å²) in [5, 5.41) is 12.3. The standard InChI is InChI=1S/C31H28N4O3/c1-21-19-28(32-26-14-8-7-11-23(21)26)34-17-15-33(16-18-34)20-27-29(31(37)38)24-12-5-6-13-25(24)30(36)35(27)22-9-3-2-4-10-22/h2-14,19H,15-18,20H2,1H3,(H,37,38). The Morgan fingerprint density at radius 3 is 2.18 bits per heavy atom. The molecule has 190 valence electrons. The van der Waals surface area contributed by atoms with E-state index in [1.54, 1.807) is 28.8 Å². The average Bonchev–Trinajstić information content (AvgIpc) is 2.94. The van der Waals surface area contributed by atoms with E-state index in [0.717, 1.165) is 42.9 Å². The highest BCUT2D eigenvalue weighted by Crippen LogP contribution is 2.26. The molecule has 7 heteroatoms. The maximum atomic E-state index is 13.7. The van der Waals surface area contributed by atoms with Gasteiger partial charge in [-0.05, 0) is 42.8 Å². The van der Waals surface area contributed by atoms with Crippen LogP contribution >= 0.6 is 0 Å². The summed E-state index contributed by atoms with van der Waals surface area (Å²) >= 11 is 0. The van der Waals surface area contributed by atoms with Gasteiger partial charge in [-0.2, -0.15) is 0 Å². The van der Waals surface area contributed by atoms with E-state index in [4.69, 9.17) is 4.98 Å². The first-order chi connectivity index (χ1) is 18.5. The highest BCUT2D eigenvalue weighted by Gasteiger charge is 2.26. The molecule has 2 aromatic heterocycles. The highest BCUT2D eigenvalue weighted by molar-refractivity contribution is 6.04. The lowest BCUT2D eigenvalue weighted by atomic mass is 10.0. The van der Waals surface area contributed by atoms with Crippen LogP contribution in [0.1, 0.15) is 21.6 Å². The van der Waals surface area contributed by atoms with Crippen LogP contribution in [0.25, 0.3) is 27.4 Å². The molecule has 1 N–H and O–H groups in total. The van der Waals surface area contributed by atoms with E-state index in [1.807, 2.05) is 48.5 Å². The predicted octanol–water partition coefficient (Wildman–Crippen LogP) is 4.87. The van der Waals surface area contributed by atoms with Crippen molar-refractivity contribution < 1.29 is 9.90 Å². The number of hydrogen-bond acceptors (Lipinski definition) is 5. The molecular weight excluding hydrogens is 476 g/mol. The molecule has 38 heavy (non-hydrogen) atoms. The van der Waals surface area contributed by atoms with Crippen molar-refractivity contribution in [3.63, 3.8) is 0 Å². The lowest BCUT2D eigenvalue weighted by molar-refractivity contribution is 0.0695. The van der Waals surface area contributed by atoms with Crippen LogP contribution in [0, 0.1) is 6.92 Å². The van der Waals surface area contributed by atoms with Gasteiger partial charge >= 0.3 is 5.97 Å². The Labute approximate surface area is 220 Å². The molecule has 1 saturated heterocycles. The summed E-state index contributed by atoms with van der Waals surface area (Å²) < 4.78 is 1.58. The maximum Gasteiger partial charge on any atom is 0.338 e. The Kier molecular flexibility index (Phi) is 6.13. The third-order valence-corrected chi connectivity index (χ3v) is 7.40. The minimum atomic E-state index is -1.03. The van der Waals surface area contributed by atoms with Gasteiger partial charge in [0.15, 0.2) is 0 Å². The molecule has 0 saturated carbocycles. The van der Waals surface area contributed by atoms with E-state index in [9.17, 15) is 14.7 Å². The lowest BCUT2D eigenvalue weighted by Gasteiger charge is -2.36. The number of pyridine rings is 2. The normalized spacial score (nSPS) is 14.3. The molecule has 1 aliphatic rings. The fourth-order valence-electron chi connectivity index (χ4n) is 5.48. The number of aromatic nitrogens is 2. The van der Waals surface area contributed by atoms with Crippen molar-refractivity contribution in [1.82, 2.24) is 14.5 Å². The zero-order valence-corrected chi connectivity index (χ0v) is 21.2. The zero-order chi connectivity index (χ0) is 26.2. The van der Waals surface area contributed by atoms with Crippen molar-refractivity contribution in [2.45, 2.75) is 13.5 Å². The van der Waals surface area contributed by atoms with Crippen molar-refractivity contribution in [3.05, 3.63) is 112 Å². The summed E-state index contributed by atoms with van der Waals surface area (Å²) in [5.41, 5.74) is 3.32. The van der Waals surface area contributed by atoms with Crippen LogP contribution in [0.15, 0.2) is 89.7 Å². The van der Waals surface area contributed by atoms with E-state index in [0.29, 0.717) is 28.7 Å². The van der Waals surface area contributed by atoms with Crippen LogP contribution < -0.4 is 10.5 Å². The first kappa shape index (κ1) is 23.9. The summed E-state index contributed by atoms with van der Waals surface area (Å²) in [6.45, 7) is 5.44. The Hall–Kier alpha value is -4.49. The molecule has 5 aromatic rings. The molecule has 0 atom stereocenters. The van der Waals surface area contributed by atoms with Crippen molar-refractivity contribution in [2.24, 2.45) is 0 Å². The van der Waals surface area contributed by atoms with Crippen LogP contribution in [0.3, 0.4) is 0 Å². The third kappa shape index (κ3) is 4.21. The zero-order valence-electron chi connectivity index (χ0n) is 21.2. The van der Waals surface area contributed by atoms with Gasteiger partial charge in [0.25, 0.3) is 5.56 Å². The van der Waals surface area contributed by atoms with Crippen molar-refractivity contribution >= 4 is 33.5 Å². The Morgan fingerprint density at radius 2 is 1.47 bits per heavy atom. The molecule has 3 heterocycles. The molecule has 0 unspecified atom stereocenters. The molecule has 7 nitrogen and oxygen atoms in total.